The molecule has 0 aliphatic heterocycles. The quantitative estimate of drug-likeness (QED) is 0.493. The Morgan fingerprint density at radius 3 is 1.50 bits per heavy atom. The highest BCUT2D eigenvalue weighted by molar-refractivity contribution is 7.45. The normalized spacial score (nSPS) is 18.1. The van der Waals surface area contributed by atoms with Crippen molar-refractivity contribution in [2.45, 2.75) is 32.1 Å². The highest BCUT2D eigenvalue weighted by atomic mass is 31.2. The summed E-state index contributed by atoms with van der Waals surface area (Å²) < 4.78 is 8.88. The van der Waals surface area contributed by atoms with E-state index in [4.69, 9.17) is 19.2 Å². The highest BCUT2D eigenvalue weighted by Gasteiger charge is 2.05. The number of ketones is 1. The molecule has 3 N–H and O–H groups in total. The average molecular weight is 196 g/mol. The molecule has 1 rings (SSSR count). The maximum Gasteiger partial charge on any atom is 0.466 e. The lowest BCUT2D eigenvalue weighted by molar-refractivity contribution is -0.120. The van der Waals surface area contributed by atoms with Crippen molar-refractivity contribution < 1.29 is 24.0 Å². The van der Waals surface area contributed by atoms with E-state index in [0.717, 1.165) is 25.7 Å². The Balaban J connectivity index is 0.000000217. The molecule has 0 radical (unpaired) electrons. The third kappa shape index (κ3) is 12.5. The van der Waals surface area contributed by atoms with Crippen LogP contribution in [0, 0.1) is 0 Å². The van der Waals surface area contributed by atoms with Crippen LogP contribution in [-0.2, 0) is 9.36 Å². The summed E-state index contributed by atoms with van der Waals surface area (Å²) in [5.41, 5.74) is 0. The smallest absolute Gasteiger partial charge is 0.303 e. The SMILES string of the molecule is O=C1CCCCC1.O=P(O)(O)O. The molecular formula is C6H13O5P. The molecule has 0 spiro atoms. The molecule has 0 unspecified atom stereocenters. The molecule has 0 aromatic rings. The van der Waals surface area contributed by atoms with Crippen LogP contribution in [0.3, 0.4) is 0 Å². The van der Waals surface area contributed by atoms with Gasteiger partial charge in [0.25, 0.3) is 0 Å². The van der Waals surface area contributed by atoms with Gasteiger partial charge < -0.3 is 14.7 Å². The summed E-state index contributed by atoms with van der Waals surface area (Å²) in [6, 6.07) is 0. The zero-order chi connectivity index (χ0) is 9.61. The van der Waals surface area contributed by atoms with Gasteiger partial charge in [-0.25, -0.2) is 4.57 Å². The van der Waals surface area contributed by atoms with Crippen LogP contribution in [0.1, 0.15) is 32.1 Å². The Kier molecular flexibility index (Phi) is 5.33. The minimum absolute atomic E-state index is 0.464. The Bertz CT molecular complexity index is 168. The van der Waals surface area contributed by atoms with Gasteiger partial charge in [-0.3, -0.25) is 4.79 Å². The van der Waals surface area contributed by atoms with Crippen LogP contribution >= 0.6 is 7.82 Å². The second-order valence-corrected chi connectivity index (χ2v) is 3.64. The fourth-order valence-corrected chi connectivity index (χ4v) is 0.946. The number of hydrogen-bond donors (Lipinski definition) is 3. The van der Waals surface area contributed by atoms with Gasteiger partial charge in [-0.05, 0) is 12.8 Å². The molecule has 72 valence electrons. The lowest BCUT2D eigenvalue weighted by atomic mass is 10.00. The molecule has 0 heterocycles. The number of carbonyl (C=O) groups excluding carboxylic acids is 1. The first-order chi connectivity index (χ1) is 5.39. The summed E-state index contributed by atoms with van der Waals surface area (Å²) in [5.74, 6) is 0.464. The molecule has 0 amide bonds. The van der Waals surface area contributed by atoms with E-state index in [-0.39, 0.29) is 0 Å². The summed E-state index contributed by atoms with van der Waals surface area (Å²) in [7, 11) is -4.64. The lowest BCUT2D eigenvalue weighted by Crippen LogP contribution is -2.02. The van der Waals surface area contributed by atoms with Gasteiger partial charge in [0, 0.05) is 12.8 Å². The summed E-state index contributed by atoms with van der Waals surface area (Å²) in [6.45, 7) is 0. The van der Waals surface area contributed by atoms with E-state index in [2.05, 4.69) is 0 Å². The van der Waals surface area contributed by atoms with E-state index in [1.807, 2.05) is 0 Å². The molecular weight excluding hydrogens is 183 g/mol. The molecule has 0 aromatic heterocycles. The van der Waals surface area contributed by atoms with Crippen molar-refractivity contribution in [3.63, 3.8) is 0 Å². The van der Waals surface area contributed by atoms with E-state index >= 15 is 0 Å². The van der Waals surface area contributed by atoms with Crippen LogP contribution in [0.4, 0.5) is 0 Å². The monoisotopic (exact) mass is 196 g/mol. The van der Waals surface area contributed by atoms with Gasteiger partial charge in [0.2, 0.25) is 0 Å². The molecule has 5 nitrogen and oxygen atoms in total. The zero-order valence-corrected chi connectivity index (χ0v) is 7.54. The number of Topliss-reactive ketones (excluding diaryl/α,β-unsaturated/α-hetero) is 1. The Morgan fingerprint density at radius 2 is 1.33 bits per heavy atom. The predicted octanol–water partition coefficient (Wildman–Crippen LogP) is 0.591. The molecule has 1 aliphatic rings. The van der Waals surface area contributed by atoms with Crippen LogP contribution in [0.5, 0.6) is 0 Å². The molecule has 1 saturated carbocycles. The topological polar surface area (TPSA) is 94.8 Å². The first-order valence-corrected chi connectivity index (χ1v) is 5.26. The zero-order valence-electron chi connectivity index (χ0n) is 6.64. The van der Waals surface area contributed by atoms with Gasteiger partial charge in [-0.15, -0.1) is 0 Å². The number of hydrogen-bond acceptors (Lipinski definition) is 2. The van der Waals surface area contributed by atoms with Gasteiger partial charge in [0.1, 0.15) is 5.78 Å². The Hall–Kier alpha value is -0.220. The van der Waals surface area contributed by atoms with Gasteiger partial charge in [0.05, 0.1) is 0 Å². The third-order valence-corrected chi connectivity index (χ3v) is 1.41. The van der Waals surface area contributed by atoms with E-state index in [0.29, 0.717) is 5.78 Å². The van der Waals surface area contributed by atoms with Crippen molar-refractivity contribution in [3.05, 3.63) is 0 Å². The molecule has 6 heteroatoms. The second kappa shape index (κ2) is 5.43. The van der Waals surface area contributed by atoms with Crippen molar-refractivity contribution in [2.24, 2.45) is 0 Å². The third-order valence-electron chi connectivity index (χ3n) is 1.41. The van der Waals surface area contributed by atoms with E-state index < -0.39 is 7.82 Å². The minimum Gasteiger partial charge on any atom is -0.303 e. The van der Waals surface area contributed by atoms with Gasteiger partial charge >= 0.3 is 7.82 Å². The van der Waals surface area contributed by atoms with Gasteiger partial charge in [0.15, 0.2) is 0 Å². The van der Waals surface area contributed by atoms with Gasteiger partial charge in [-0.2, -0.15) is 0 Å². The maximum absolute atomic E-state index is 10.5. The molecule has 0 saturated heterocycles. The average Bonchev–Trinajstić information content (AvgIpc) is 1.85. The summed E-state index contributed by atoms with van der Waals surface area (Å²) in [4.78, 5) is 32.0. The fourth-order valence-electron chi connectivity index (χ4n) is 0.946. The van der Waals surface area contributed by atoms with E-state index in [1.54, 1.807) is 0 Å². The summed E-state index contributed by atoms with van der Waals surface area (Å²) >= 11 is 0. The molecule has 1 fully saturated rings. The molecule has 0 atom stereocenters. The maximum atomic E-state index is 10.5. The molecule has 0 aromatic carbocycles. The van der Waals surface area contributed by atoms with Crippen LogP contribution in [0.2, 0.25) is 0 Å². The minimum atomic E-state index is -4.64. The highest BCUT2D eigenvalue weighted by Crippen LogP contribution is 2.25. The van der Waals surface area contributed by atoms with Crippen molar-refractivity contribution in [2.75, 3.05) is 0 Å². The fraction of sp³-hybridized carbons (Fsp3) is 0.833. The van der Waals surface area contributed by atoms with Crippen LogP contribution in [0.15, 0.2) is 0 Å². The molecule has 1 aliphatic carbocycles. The first kappa shape index (κ1) is 11.8. The van der Waals surface area contributed by atoms with Crippen molar-refractivity contribution in [1.82, 2.24) is 0 Å². The van der Waals surface area contributed by atoms with Crippen molar-refractivity contribution in [1.29, 1.82) is 0 Å². The largest absolute Gasteiger partial charge is 0.466 e. The van der Waals surface area contributed by atoms with E-state index in [1.165, 1.54) is 6.42 Å². The molecule has 12 heavy (non-hydrogen) atoms. The first-order valence-electron chi connectivity index (χ1n) is 3.69. The summed E-state index contributed by atoms with van der Waals surface area (Å²) in [6.07, 6.45) is 5.24. The van der Waals surface area contributed by atoms with Crippen LogP contribution in [-0.4, -0.2) is 20.5 Å². The lowest BCUT2D eigenvalue weighted by Gasteiger charge is -2.05. The number of rotatable bonds is 0. The standard InChI is InChI=1S/C6H10O.H3O4P/c7-6-4-2-1-3-5-6;1-5(2,3)4/h1-5H2;(H3,1,2,3,4). The van der Waals surface area contributed by atoms with Crippen LogP contribution < -0.4 is 0 Å². The molecule has 0 bridgehead atoms. The Morgan fingerprint density at radius 1 is 1.00 bits per heavy atom. The second-order valence-electron chi connectivity index (χ2n) is 2.61. The predicted molar refractivity (Wildman–Crippen MR) is 42.4 cm³/mol. The number of carbonyl (C=O) groups is 1. The van der Waals surface area contributed by atoms with Crippen molar-refractivity contribution >= 4 is 13.6 Å². The van der Waals surface area contributed by atoms with Gasteiger partial charge in [-0.1, -0.05) is 6.42 Å². The Labute approximate surface area is 70.7 Å². The summed E-state index contributed by atoms with van der Waals surface area (Å²) in [5, 5.41) is 0. The van der Waals surface area contributed by atoms with Crippen molar-refractivity contribution in [3.8, 4) is 0 Å². The number of phosphoric acid groups is 1. The van der Waals surface area contributed by atoms with E-state index in [9.17, 15) is 4.79 Å². The van der Waals surface area contributed by atoms with Crippen LogP contribution in [0.25, 0.3) is 0 Å².